The van der Waals surface area contributed by atoms with Crippen LogP contribution in [0, 0.1) is 0 Å². The number of nitrogens with one attached hydrogen (secondary N) is 2. The zero-order chi connectivity index (χ0) is 21.4. The second-order valence-electron chi connectivity index (χ2n) is 6.86. The first-order chi connectivity index (χ1) is 14.3. The molecule has 2 atom stereocenters. The van der Waals surface area contributed by atoms with Gasteiger partial charge < -0.3 is 14.2 Å². The van der Waals surface area contributed by atoms with Gasteiger partial charge in [-0.2, -0.15) is 4.72 Å². The number of amides is 1. The molecule has 2 aromatic rings. The van der Waals surface area contributed by atoms with Gasteiger partial charge in [-0.05, 0) is 36.4 Å². The van der Waals surface area contributed by atoms with Gasteiger partial charge in [0.1, 0.15) is 29.2 Å². The second-order valence-corrected chi connectivity index (χ2v) is 8.54. The van der Waals surface area contributed by atoms with Crippen LogP contribution in [0.3, 0.4) is 0 Å². The smallest absolute Gasteiger partial charge is 0.457 e. The highest BCUT2D eigenvalue weighted by Gasteiger charge is 2.58. The molecule has 0 bridgehead atoms. The fraction of sp³-hybridized carbons (Fsp3) is 0.278. The molecule has 2 fully saturated rings. The Morgan fingerprint density at radius 3 is 2.20 bits per heavy atom. The van der Waals surface area contributed by atoms with Crippen molar-refractivity contribution in [2.24, 2.45) is 0 Å². The number of nitrogens with zero attached hydrogens (tertiary/aromatic N) is 1. The van der Waals surface area contributed by atoms with E-state index in [0.717, 1.165) is 0 Å². The van der Waals surface area contributed by atoms with Crippen LogP contribution in [-0.4, -0.2) is 48.4 Å². The SMILES string of the molecule is O=C1OC2CC(NS(=O)(=O)c3ccc(Oc4ccncc4)cc3)(C(=O)NO)CC2O1. The Hall–Kier alpha value is -3.22. The number of rotatable bonds is 6. The molecule has 11 nitrogen and oxygen atoms in total. The predicted molar refractivity (Wildman–Crippen MR) is 98.1 cm³/mol. The van der Waals surface area contributed by atoms with Gasteiger partial charge in [0.05, 0.1) is 4.90 Å². The number of pyridine rings is 1. The Morgan fingerprint density at radius 1 is 1.07 bits per heavy atom. The monoisotopic (exact) mass is 435 g/mol. The zero-order valence-corrected chi connectivity index (χ0v) is 16.2. The highest BCUT2D eigenvalue weighted by atomic mass is 32.2. The second kappa shape index (κ2) is 7.55. The van der Waals surface area contributed by atoms with E-state index in [1.54, 1.807) is 24.5 Å². The fourth-order valence-electron chi connectivity index (χ4n) is 3.51. The van der Waals surface area contributed by atoms with Crippen LogP contribution < -0.4 is 14.9 Å². The molecule has 0 spiro atoms. The molecule has 158 valence electrons. The van der Waals surface area contributed by atoms with Gasteiger partial charge in [0, 0.05) is 25.2 Å². The first kappa shape index (κ1) is 20.1. The summed E-state index contributed by atoms with van der Waals surface area (Å²) in [5.41, 5.74) is -0.269. The van der Waals surface area contributed by atoms with E-state index in [1.807, 2.05) is 0 Å². The molecule has 1 saturated carbocycles. The van der Waals surface area contributed by atoms with Crippen LogP contribution in [0.2, 0.25) is 0 Å². The van der Waals surface area contributed by atoms with Gasteiger partial charge in [-0.1, -0.05) is 0 Å². The highest BCUT2D eigenvalue weighted by Crippen LogP contribution is 2.39. The summed E-state index contributed by atoms with van der Waals surface area (Å²) in [7, 11) is -4.17. The average Bonchev–Trinajstić information content (AvgIpc) is 3.22. The molecule has 2 unspecified atom stereocenters. The lowest BCUT2D eigenvalue weighted by Crippen LogP contribution is -2.57. The third-order valence-corrected chi connectivity index (χ3v) is 6.45. The Bertz CT molecular complexity index is 1040. The number of sulfonamides is 1. The van der Waals surface area contributed by atoms with E-state index in [2.05, 4.69) is 9.71 Å². The maximum atomic E-state index is 12.9. The van der Waals surface area contributed by atoms with E-state index < -0.39 is 39.8 Å². The Labute approximate surface area is 171 Å². The van der Waals surface area contributed by atoms with Crippen molar-refractivity contribution in [1.29, 1.82) is 0 Å². The molecular weight excluding hydrogens is 418 g/mol. The molecule has 1 aliphatic heterocycles. The van der Waals surface area contributed by atoms with E-state index >= 15 is 0 Å². The lowest BCUT2D eigenvalue weighted by molar-refractivity contribution is -0.136. The topological polar surface area (TPSA) is 153 Å². The summed E-state index contributed by atoms with van der Waals surface area (Å²) in [6, 6.07) is 8.85. The van der Waals surface area contributed by atoms with Gasteiger partial charge in [-0.15, -0.1) is 0 Å². The summed E-state index contributed by atoms with van der Waals surface area (Å²) in [4.78, 5) is 27.3. The van der Waals surface area contributed by atoms with Crippen LogP contribution in [-0.2, 0) is 24.3 Å². The molecule has 0 radical (unpaired) electrons. The third-order valence-electron chi connectivity index (χ3n) is 4.89. The van der Waals surface area contributed by atoms with Crippen molar-refractivity contribution in [3.8, 4) is 11.5 Å². The largest absolute Gasteiger partial charge is 0.509 e. The van der Waals surface area contributed by atoms with Crippen molar-refractivity contribution < 1.29 is 37.4 Å². The molecule has 4 rings (SSSR count). The minimum atomic E-state index is -4.17. The average molecular weight is 435 g/mol. The molecule has 12 heteroatoms. The molecule has 1 amide bonds. The van der Waals surface area contributed by atoms with E-state index in [0.29, 0.717) is 11.5 Å². The van der Waals surface area contributed by atoms with Gasteiger partial charge in [0.15, 0.2) is 0 Å². The number of hydrogen-bond acceptors (Lipinski definition) is 9. The lowest BCUT2D eigenvalue weighted by atomic mass is 9.98. The van der Waals surface area contributed by atoms with Crippen molar-refractivity contribution in [2.45, 2.75) is 35.5 Å². The fourth-order valence-corrected chi connectivity index (χ4v) is 4.90. The molecular formula is C18H17N3O8S. The van der Waals surface area contributed by atoms with Gasteiger partial charge in [0.25, 0.3) is 5.91 Å². The Morgan fingerprint density at radius 2 is 1.63 bits per heavy atom. The van der Waals surface area contributed by atoms with Gasteiger partial charge >= 0.3 is 6.16 Å². The van der Waals surface area contributed by atoms with Crippen molar-refractivity contribution in [3.05, 3.63) is 48.8 Å². The van der Waals surface area contributed by atoms with Gasteiger partial charge in [0.2, 0.25) is 10.0 Å². The van der Waals surface area contributed by atoms with Crippen molar-refractivity contribution in [1.82, 2.24) is 15.2 Å². The number of aromatic nitrogens is 1. The van der Waals surface area contributed by atoms with Crippen LogP contribution in [0.1, 0.15) is 12.8 Å². The summed E-state index contributed by atoms with van der Waals surface area (Å²) in [5.74, 6) is -0.0409. The molecule has 2 heterocycles. The summed E-state index contributed by atoms with van der Waals surface area (Å²) in [6.45, 7) is 0. The number of carbonyl (C=O) groups excluding carboxylic acids is 2. The van der Waals surface area contributed by atoms with Crippen LogP contribution in [0.15, 0.2) is 53.7 Å². The van der Waals surface area contributed by atoms with E-state index in [9.17, 15) is 18.0 Å². The highest BCUT2D eigenvalue weighted by molar-refractivity contribution is 7.89. The molecule has 2 aliphatic rings. The van der Waals surface area contributed by atoms with Gasteiger partial charge in [-0.25, -0.2) is 18.7 Å². The van der Waals surface area contributed by atoms with Crippen LogP contribution in [0.4, 0.5) is 4.79 Å². The number of benzene rings is 1. The summed E-state index contributed by atoms with van der Waals surface area (Å²) in [5, 5.41) is 9.12. The first-order valence-corrected chi connectivity index (χ1v) is 10.3. The number of carbonyl (C=O) groups is 2. The zero-order valence-electron chi connectivity index (χ0n) is 15.3. The maximum Gasteiger partial charge on any atom is 0.509 e. The lowest BCUT2D eigenvalue weighted by Gasteiger charge is -2.27. The van der Waals surface area contributed by atoms with E-state index in [4.69, 9.17) is 19.4 Å². The van der Waals surface area contributed by atoms with Crippen LogP contribution >= 0.6 is 0 Å². The molecule has 1 aromatic heterocycles. The van der Waals surface area contributed by atoms with E-state index in [1.165, 1.54) is 29.7 Å². The maximum absolute atomic E-state index is 12.9. The van der Waals surface area contributed by atoms with Crippen molar-refractivity contribution >= 4 is 22.1 Å². The van der Waals surface area contributed by atoms with Crippen LogP contribution in [0.25, 0.3) is 0 Å². The van der Waals surface area contributed by atoms with Gasteiger partial charge in [-0.3, -0.25) is 15.0 Å². The molecule has 3 N–H and O–H groups in total. The van der Waals surface area contributed by atoms with E-state index in [-0.39, 0.29) is 17.7 Å². The number of ether oxygens (including phenoxy) is 3. The summed E-state index contributed by atoms with van der Waals surface area (Å²) < 4.78 is 43.6. The number of fused-ring (bicyclic) bond motifs is 1. The Kier molecular flexibility index (Phi) is 5.05. The minimum absolute atomic E-state index is 0.121. The number of hydroxylamine groups is 1. The molecule has 30 heavy (non-hydrogen) atoms. The minimum Gasteiger partial charge on any atom is -0.457 e. The quantitative estimate of drug-likeness (QED) is 0.344. The van der Waals surface area contributed by atoms with Crippen molar-refractivity contribution in [2.75, 3.05) is 0 Å². The summed E-state index contributed by atoms with van der Waals surface area (Å²) in [6.07, 6.45) is 0.276. The molecule has 1 saturated heterocycles. The van der Waals surface area contributed by atoms with Crippen molar-refractivity contribution in [3.63, 3.8) is 0 Å². The number of hydrogen-bond donors (Lipinski definition) is 3. The molecule has 1 aromatic carbocycles. The molecule has 1 aliphatic carbocycles. The standard InChI is InChI=1S/C18H17N3O8S/c22-16(20-24)18(9-14-15(10-18)29-17(23)28-14)21-30(25,26)13-3-1-11(2-4-13)27-12-5-7-19-8-6-12/h1-8,14-15,21,24H,9-10H2,(H,20,22). The third kappa shape index (κ3) is 3.79. The Balaban J connectivity index is 1.53. The predicted octanol–water partition coefficient (Wildman–Crippen LogP) is 1.09. The first-order valence-electron chi connectivity index (χ1n) is 8.85. The van der Waals surface area contributed by atoms with Crippen LogP contribution in [0.5, 0.6) is 11.5 Å². The summed E-state index contributed by atoms with van der Waals surface area (Å²) >= 11 is 0. The normalized spacial score (nSPS) is 25.2.